The van der Waals surface area contributed by atoms with Gasteiger partial charge in [0.25, 0.3) is 10.0 Å². The van der Waals surface area contributed by atoms with E-state index in [0.29, 0.717) is 17.1 Å². The van der Waals surface area contributed by atoms with E-state index in [4.69, 9.17) is 5.73 Å². The van der Waals surface area contributed by atoms with E-state index in [1.54, 1.807) is 40.0 Å². The summed E-state index contributed by atoms with van der Waals surface area (Å²) >= 11 is 0. The maximum Gasteiger partial charge on any atom is 0.263 e. The van der Waals surface area contributed by atoms with Crippen molar-refractivity contribution in [2.45, 2.75) is 32.2 Å². The average molecular weight is 365 g/mol. The van der Waals surface area contributed by atoms with Crippen molar-refractivity contribution >= 4 is 27.4 Å². The molecule has 1 aromatic carbocycles. The molecule has 0 saturated carbocycles. The van der Waals surface area contributed by atoms with Gasteiger partial charge in [0, 0.05) is 30.3 Å². The molecule has 0 atom stereocenters. The standard InChI is InChI=1S/C16H23N5O3S/c1-16(2,3)15(22)19-12-5-7-13(8-6-12)25(23,24)20-14-11(9-17)10-18-21(14)4/h5-8,10,20H,9,17H2,1-4H3,(H,19,22). The Balaban J connectivity index is 2.20. The van der Waals surface area contributed by atoms with Crippen molar-refractivity contribution in [3.8, 4) is 0 Å². The van der Waals surface area contributed by atoms with Crippen molar-refractivity contribution in [3.63, 3.8) is 0 Å². The number of benzene rings is 1. The van der Waals surface area contributed by atoms with Gasteiger partial charge >= 0.3 is 0 Å². The van der Waals surface area contributed by atoms with Crippen LogP contribution in [-0.2, 0) is 28.4 Å². The summed E-state index contributed by atoms with van der Waals surface area (Å²) in [6, 6.07) is 5.95. The summed E-state index contributed by atoms with van der Waals surface area (Å²) in [6.45, 7) is 5.57. The van der Waals surface area contributed by atoms with E-state index in [1.807, 2.05) is 0 Å². The van der Waals surface area contributed by atoms with Crippen LogP contribution >= 0.6 is 0 Å². The van der Waals surface area contributed by atoms with Crippen molar-refractivity contribution in [1.29, 1.82) is 0 Å². The molecule has 0 aliphatic heterocycles. The van der Waals surface area contributed by atoms with Crippen molar-refractivity contribution < 1.29 is 13.2 Å². The molecule has 4 N–H and O–H groups in total. The molecule has 8 nitrogen and oxygen atoms in total. The molecule has 25 heavy (non-hydrogen) atoms. The molecule has 0 aliphatic rings. The zero-order valence-corrected chi connectivity index (χ0v) is 15.5. The van der Waals surface area contributed by atoms with Crippen LogP contribution in [0.5, 0.6) is 0 Å². The molecule has 9 heteroatoms. The lowest BCUT2D eigenvalue weighted by Crippen LogP contribution is -2.27. The van der Waals surface area contributed by atoms with E-state index < -0.39 is 15.4 Å². The fourth-order valence-corrected chi connectivity index (χ4v) is 3.12. The predicted molar refractivity (Wildman–Crippen MR) is 96.4 cm³/mol. The molecule has 2 aromatic rings. The number of hydrogen-bond acceptors (Lipinski definition) is 5. The van der Waals surface area contributed by atoms with Gasteiger partial charge < -0.3 is 11.1 Å². The number of hydrogen-bond donors (Lipinski definition) is 3. The molecule has 0 bridgehead atoms. The first-order valence-corrected chi connectivity index (χ1v) is 9.18. The highest BCUT2D eigenvalue weighted by Gasteiger charge is 2.22. The Labute approximate surface area is 147 Å². The summed E-state index contributed by atoms with van der Waals surface area (Å²) in [5.41, 5.74) is 6.18. The van der Waals surface area contributed by atoms with E-state index in [9.17, 15) is 13.2 Å². The quantitative estimate of drug-likeness (QED) is 0.744. The first-order valence-electron chi connectivity index (χ1n) is 7.70. The Morgan fingerprint density at radius 1 is 1.24 bits per heavy atom. The number of aromatic nitrogens is 2. The van der Waals surface area contributed by atoms with Crippen LogP contribution in [0.2, 0.25) is 0 Å². The van der Waals surface area contributed by atoms with Crippen LogP contribution in [0.15, 0.2) is 35.4 Å². The van der Waals surface area contributed by atoms with Gasteiger partial charge in [-0.05, 0) is 24.3 Å². The molecular weight excluding hydrogens is 342 g/mol. The van der Waals surface area contributed by atoms with E-state index >= 15 is 0 Å². The lowest BCUT2D eigenvalue weighted by atomic mass is 9.95. The highest BCUT2D eigenvalue weighted by atomic mass is 32.2. The summed E-state index contributed by atoms with van der Waals surface area (Å²) in [6.07, 6.45) is 1.52. The number of sulfonamides is 1. The van der Waals surface area contributed by atoms with E-state index in [2.05, 4.69) is 15.1 Å². The van der Waals surface area contributed by atoms with Crippen LogP contribution in [0.25, 0.3) is 0 Å². The molecule has 0 radical (unpaired) electrons. The molecule has 1 heterocycles. The Hall–Kier alpha value is -2.39. The van der Waals surface area contributed by atoms with Crippen molar-refractivity contribution in [3.05, 3.63) is 36.0 Å². The Bertz CT molecular complexity index is 864. The second-order valence-electron chi connectivity index (χ2n) is 6.68. The fraction of sp³-hybridized carbons (Fsp3) is 0.375. The second-order valence-corrected chi connectivity index (χ2v) is 8.36. The zero-order chi connectivity index (χ0) is 18.8. The SMILES string of the molecule is Cn1ncc(CN)c1NS(=O)(=O)c1ccc(NC(=O)C(C)(C)C)cc1. The lowest BCUT2D eigenvalue weighted by molar-refractivity contribution is -0.123. The van der Waals surface area contributed by atoms with Crippen molar-refractivity contribution in [2.24, 2.45) is 18.2 Å². The third-order valence-corrected chi connectivity index (χ3v) is 4.92. The smallest absolute Gasteiger partial charge is 0.263 e. The minimum Gasteiger partial charge on any atom is -0.326 e. The summed E-state index contributed by atoms with van der Waals surface area (Å²) in [5, 5.41) is 6.75. The van der Waals surface area contributed by atoms with Crippen LogP contribution in [0, 0.1) is 5.41 Å². The molecule has 136 valence electrons. The Morgan fingerprint density at radius 3 is 2.36 bits per heavy atom. The number of aryl methyl sites for hydroxylation is 1. The monoisotopic (exact) mass is 365 g/mol. The van der Waals surface area contributed by atoms with Crippen LogP contribution < -0.4 is 15.8 Å². The van der Waals surface area contributed by atoms with Gasteiger partial charge in [-0.25, -0.2) is 8.42 Å². The van der Waals surface area contributed by atoms with Gasteiger partial charge in [0.2, 0.25) is 5.91 Å². The van der Waals surface area contributed by atoms with Gasteiger partial charge in [-0.1, -0.05) is 20.8 Å². The lowest BCUT2D eigenvalue weighted by Gasteiger charge is -2.17. The highest BCUT2D eigenvalue weighted by molar-refractivity contribution is 7.92. The Kier molecular flexibility index (Phi) is 5.19. The van der Waals surface area contributed by atoms with Gasteiger partial charge in [-0.15, -0.1) is 0 Å². The summed E-state index contributed by atoms with van der Waals surface area (Å²) in [5.74, 6) is 0.177. The molecule has 1 amide bonds. The maximum absolute atomic E-state index is 12.5. The number of anilines is 2. The molecule has 0 saturated heterocycles. The second kappa shape index (κ2) is 6.85. The molecule has 2 rings (SSSR count). The maximum atomic E-state index is 12.5. The fourth-order valence-electron chi connectivity index (χ4n) is 1.99. The summed E-state index contributed by atoms with van der Waals surface area (Å²) in [4.78, 5) is 12.0. The van der Waals surface area contributed by atoms with Crippen molar-refractivity contribution in [1.82, 2.24) is 9.78 Å². The zero-order valence-electron chi connectivity index (χ0n) is 14.7. The van der Waals surface area contributed by atoms with E-state index in [-0.39, 0.29) is 17.3 Å². The van der Waals surface area contributed by atoms with Gasteiger partial charge in [-0.3, -0.25) is 14.2 Å². The number of nitrogens with one attached hydrogen (secondary N) is 2. The van der Waals surface area contributed by atoms with Gasteiger partial charge in [0.15, 0.2) is 0 Å². The van der Waals surface area contributed by atoms with E-state index in [0.717, 1.165) is 0 Å². The van der Waals surface area contributed by atoms with Crippen LogP contribution in [-0.4, -0.2) is 24.1 Å². The molecule has 0 aliphatic carbocycles. The molecule has 1 aromatic heterocycles. The number of nitrogens with two attached hydrogens (primary N) is 1. The molecule has 0 unspecified atom stereocenters. The molecule has 0 spiro atoms. The molecular formula is C16H23N5O3S. The number of carbonyl (C=O) groups excluding carboxylic acids is 1. The average Bonchev–Trinajstić information content (AvgIpc) is 2.86. The van der Waals surface area contributed by atoms with E-state index in [1.165, 1.54) is 23.0 Å². The predicted octanol–water partition coefficient (Wildman–Crippen LogP) is 1.66. The summed E-state index contributed by atoms with van der Waals surface area (Å²) in [7, 11) is -2.16. The number of nitrogens with zero attached hydrogens (tertiary/aromatic N) is 2. The third kappa shape index (κ3) is 4.37. The van der Waals surface area contributed by atoms with Crippen molar-refractivity contribution in [2.75, 3.05) is 10.0 Å². The first-order chi connectivity index (χ1) is 11.5. The van der Waals surface area contributed by atoms with Crippen LogP contribution in [0.3, 0.4) is 0 Å². The van der Waals surface area contributed by atoms with Gasteiger partial charge in [0.1, 0.15) is 5.82 Å². The van der Waals surface area contributed by atoms with Crippen LogP contribution in [0.4, 0.5) is 11.5 Å². The topological polar surface area (TPSA) is 119 Å². The third-order valence-electron chi connectivity index (χ3n) is 3.57. The highest BCUT2D eigenvalue weighted by Crippen LogP contribution is 2.22. The Morgan fingerprint density at radius 2 is 1.84 bits per heavy atom. The molecule has 0 fully saturated rings. The largest absolute Gasteiger partial charge is 0.326 e. The first kappa shape index (κ1) is 18.9. The minimum atomic E-state index is -3.79. The normalized spacial score (nSPS) is 12.0. The van der Waals surface area contributed by atoms with Gasteiger partial charge in [-0.2, -0.15) is 5.10 Å². The number of carbonyl (C=O) groups is 1. The summed E-state index contributed by atoms with van der Waals surface area (Å²) < 4.78 is 29.0. The minimum absolute atomic E-state index is 0.0745. The number of rotatable bonds is 5. The number of amides is 1. The van der Waals surface area contributed by atoms with Crippen LogP contribution in [0.1, 0.15) is 26.3 Å². The van der Waals surface area contributed by atoms with Gasteiger partial charge in [0.05, 0.1) is 11.1 Å².